The zero-order valence-corrected chi connectivity index (χ0v) is 12.7. The third-order valence-corrected chi connectivity index (χ3v) is 5.20. The van der Waals surface area contributed by atoms with E-state index in [0.717, 1.165) is 18.4 Å². The first-order chi connectivity index (χ1) is 9.20. The van der Waals surface area contributed by atoms with Crippen molar-refractivity contribution in [1.29, 1.82) is 0 Å². The van der Waals surface area contributed by atoms with Crippen molar-refractivity contribution in [3.05, 3.63) is 58.0 Å². The quantitative estimate of drug-likeness (QED) is 0.640. The Labute approximate surface area is 127 Å². The van der Waals surface area contributed by atoms with Crippen LogP contribution >= 0.6 is 34.5 Å². The number of alkyl halides is 2. The summed E-state index contributed by atoms with van der Waals surface area (Å²) in [5.74, 6) is 0.637. The van der Waals surface area contributed by atoms with Gasteiger partial charge in [-0.2, -0.15) is 11.3 Å². The third-order valence-electron chi connectivity index (χ3n) is 3.44. The highest BCUT2D eigenvalue weighted by Crippen LogP contribution is 2.33. The van der Waals surface area contributed by atoms with Crippen molar-refractivity contribution in [3.63, 3.8) is 0 Å². The summed E-state index contributed by atoms with van der Waals surface area (Å²) in [4.78, 5) is 0. The van der Waals surface area contributed by atoms with Crippen molar-refractivity contribution >= 4 is 34.5 Å². The molecule has 1 aromatic carbocycles. The summed E-state index contributed by atoms with van der Waals surface area (Å²) in [6.07, 6.45) is 1.79. The second-order valence-corrected chi connectivity index (χ2v) is 6.00. The van der Waals surface area contributed by atoms with Crippen LogP contribution < -0.4 is 0 Å². The molecule has 0 unspecified atom stereocenters. The molecule has 0 bridgehead atoms. The summed E-state index contributed by atoms with van der Waals surface area (Å²) in [7, 11) is 0. The predicted molar refractivity (Wildman–Crippen MR) is 82.2 cm³/mol. The molecule has 0 amide bonds. The van der Waals surface area contributed by atoms with Gasteiger partial charge in [-0.05, 0) is 52.9 Å². The number of halogens is 3. The molecule has 102 valence electrons. The fourth-order valence-electron chi connectivity index (χ4n) is 2.09. The van der Waals surface area contributed by atoms with E-state index in [1.165, 1.54) is 17.7 Å². The topological polar surface area (TPSA) is 0 Å². The van der Waals surface area contributed by atoms with E-state index in [1.807, 2.05) is 0 Å². The van der Waals surface area contributed by atoms with Crippen LogP contribution in [0.2, 0.25) is 0 Å². The van der Waals surface area contributed by atoms with Crippen LogP contribution in [0.3, 0.4) is 0 Å². The lowest BCUT2D eigenvalue weighted by molar-refractivity contribution is 0.491. The molecule has 0 radical (unpaired) electrons. The van der Waals surface area contributed by atoms with Gasteiger partial charge in [-0.25, -0.2) is 4.39 Å². The zero-order chi connectivity index (χ0) is 13.7. The molecule has 2 aromatic rings. The Morgan fingerprint density at radius 1 is 1.05 bits per heavy atom. The van der Waals surface area contributed by atoms with Gasteiger partial charge in [0.25, 0.3) is 0 Å². The molecule has 0 aliphatic carbocycles. The minimum atomic E-state index is -0.293. The summed E-state index contributed by atoms with van der Waals surface area (Å²) in [5, 5.41) is 4.20. The number of benzene rings is 1. The Kier molecular flexibility index (Phi) is 5.26. The van der Waals surface area contributed by atoms with Gasteiger partial charge >= 0.3 is 0 Å². The lowest BCUT2D eigenvalue weighted by Gasteiger charge is -2.30. The average Bonchev–Trinajstić information content (AvgIpc) is 2.95. The molecule has 4 heteroatoms. The second kappa shape index (κ2) is 6.74. The van der Waals surface area contributed by atoms with E-state index in [9.17, 15) is 4.39 Å². The Hall–Kier alpha value is -0.570. The average molecular weight is 317 g/mol. The van der Waals surface area contributed by atoms with E-state index < -0.39 is 0 Å². The first-order valence-electron chi connectivity index (χ1n) is 6.09. The van der Waals surface area contributed by atoms with Crippen LogP contribution in [0, 0.1) is 5.82 Å². The maximum atomic E-state index is 13.0. The van der Waals surface area contributed by atoms with Crippen LogP contribution in [-0.4, -0.2) is 11.8 Å². The summed E-state index contributed by atoms with van der Waals surface area (Å²) in [5.41, 5.74) is 2.01. The largest absolute Gasteiger partial charge is 0.207 e. The fraction of sp³-hybridized carbons (Fsp3) is 0.333. The molecule has 0 N–H and O–H groups in total. The predicted octanol–water partition coefficient (Wildman–Crippen LogP) is 5.24. The lowest BCUT2D eigenvalue weighted by Crippen LogP contribution is -2.31. The van der Waals surface area contributed by atoms with Gasteiger partial charge < -0.3 is 0 Å². The highest BCUT2D eigenvalue weighted by atomic mass is 35.5. The molecular weight excluding hydrogens is 302 g/mol. The molecule has 0 atom stereocenters. The van der Waals surface area contributed by atoms with Gasteiger partial charge in [0.2, 0.25) is 0 Å². The Bertz CT molecular complexity index is 489. The van der Waals surface area contributed by atoms with Crippen LogP contribution in [-0.2, 0) is 11.8 Å². The molecule has 0 nitrogen and oxygen atoms in total. The van der Waals surface area contributed by atoms with Gasteiger partial charge in [0, 0.05) is 17.2 Å². The highest BCUT2D eigenvalue weighted by Gasteiger charge is 2.30. The maximum Gasteiger partial charge on any atom is 0.123 e. The van der Waals surface area contributed by atoms with Gasteiger partial charge in [0.15, 0.2) is 0 Å². The first kappa shape index (κ1) is 14.8. The maximum absolute atomic E-state index is 13.0. The number of hydrogen-bond acceptors (Lipinski definition) is 1. The lowest BCUT2D eigenvalue weighted by atomic mass is 9.79. The monoisotopic (exact) mass is 316 g/mol. The smallest absolute Gasteiger partial charge is 0.123 e. The molecule has 19 heavy (non-hydrogen) atoms. The van der Waals surface area contributed by atoms with Crippen molar-refractivity contribution in [1.82, 2.24) is 0 Å². The van der Waals surface area contributed by atoms with Crippen molar-refractivity contribution in [2.75, 3.05) is 11.8 Å². The Balaban J connectivity index is 2.19. The van der Waals surface area contributed by atoms with Gasteiger partial charge in [-0.1, -0.05) is 12.1 Å². The fourth-order valence-corrected chi connectivity index (χ4v) is 3.65. The number of rotatable bonds is 6. The van der Waals surface area contributed by atoms with E-state index >= 15 is 0 Å². The van der Waals surface area contributed by atoms with Crippen LogP contribution in [0.1, 0.15) is 17.5 Å². The van der Waals surface area contributed by atoms with Gasteiger partial charge in [-0.15, -0.1) is 23.2 Å². The van der Waals surface area contributed by atoms with Crippen molar-refractivity contribution < 1.29 is 4.39 Å². The summed E-state index contributed by atoms with van der Waals surface area (Å²) >= 11 is 14.0. The second-order valence-electron chi connectivity index (χ2n) is 4.69. The molecule has 0 fully saturated rings. The van der Waals surface area contributed by atoms with Crippen LogP contribution in [0.4, 0.5) is 4.39 Å². The van der Waals surface area contributed by atoms with E-state index in [0.29, 0.717) is 11.8 Å². The summed E-state index contributed by atoms with van der Waals surface area (Å²) in [6, 6.07) is 8.62. The Morgan fingerprint density at radius 2 is 1.74 bits per heavy atom. The SMILES string of the molecule is Fc1ccc(C(CCl)(CCl)CCc2ccsc2)cc1. The standard InChI is InChI=1S/C15H15Cl2FS/c16-10-15(11-17,7-5-12-6-8-19-9-12)13-1-3-14(18)4-2-13/h1-4,6,8-9H,5,7,10-11H2. The van der Waals surface area contributed by atoms with E-state index in [1.54, 1.807) is 23.5 Å². The first-order valence-corrected chi connectivity index (χ1v) is 8.10. The molecule has 2 rings (SSSR count). The van der Waals surface area contributed by atoms with Crippen molar-refractivity contribution in [3.8, 4) is 0 Å². The van der Waals surface area contributed by atoms with Crippen LogP contribution in [0.25, 0.3) is 0 Å². The van der Waals surface area contributed by atoms with Gasteiger partial charge in [-0.3, -0.25) is 0 Å². The van der Waals surface area contributed by atoms with E-state index in [2.05, 4.69) is 16.8 Å². The molecule has 0 saturated heterocycles. The molecule has 0 aliphatic rings. The van der Waals surface area contributed by atoms with Crippen LogP contribution in [0.5, 0.6) is 0 Å². The van der Waals surface area contributed by atoms with Gasteiger partial charge in [0.1, 0.15) is 5.82 Å². The molecule has 1 heterocycles. The number of aryl methyl sites for hydroxylation is 1. The van der Waals surface area contributed by atoms with E-state index in [4.69, 9.17) is 23.2 Å². The van der Waals surface area contributed by atoms with Crippen molar-refractivity contribution in [2.45, 2.75) is 18.3 Å². The van der Waals surface area contributed by atoms with Crippen molar-refractivity contribution in [2.24, 2.45) is 0 Å². The normalized spacial score (nSPS) is 11.7. The van der Waals surface area contributed by atoms with E-state index in [-0.39, 0.29) is 11.2 Å². The summed E-state index contributed by atoms with van der Waals surface area (Å²) in [6.45, 7) is 0. The molecule has 0 spiro atoms. The number of thiophene rings is 1. The molecular formula is C15H15Cl2FS. The Morgan fingerprint density at radius 3 is 2.26 bits per heavy atom. The minimum absolute atomic E-state index is 0.236. The van der Waals surface area contributed by atoms with Crippen LogP contribution in [0.15, 0.2) is 41.1 Å². The zero-order valence-electron chi connectivity index (χ0n) is 10.4. The molecule has 0 saturated carbocycles. The summed E-state index contributed by atoms with van der Waals surface area (Å²) < 4.78 is 13.0. The molecule has 1 aromatic heterocycles. The third kappa shape index (κ3) is 3.50. The number of hydrogen-bond donors (Lipinski definition) is 0. The molecule has 0 aliphatic heterocycles. The minimum Gasteiger partial charge on any atom is -0.207 e. The highest BCUT2D eigenvalue weighted by molar-refractivity contribution is 7.07. The van der Waals surface area contributed by atoms with Gasteiger partial charge in [0.05, 0.1) is 0 Å².